The molecule has 2 heterocycles. The molecule has 0 aliphatic rings. The van der Waals surface area contributed by atoms with Gasteiger partial charge in [-0.25, -0.2) is 9.36 Å². The second-order valence-corrected chi connectivity index (χ2v) is 7.89. The van der Waals surface area contributed by atoms with Crippen molar-refractivity contribution in [2.45, 2.75) is 13.5 Å². The van der Waals surface area contributed by atoms with Crippen LogP contribution >= 0.6 is 0 Å². The van der Waals surface area contributed by atoms with Crippen LogP contribution in [0.4, 0.5) is 0 Å². The summed E-state index contributed by atoms with van der Waals surface area (Å²) in [5.41, 5.74) is 2.93. The average Bonchev–Trinajstić information content (AvgIpc) is 2.85. The van der Waals surface area contributed by atoms with Crippen molar-refractivity contribution in [2.75, 3.05) is 0 Å². The standard InChI is InChI=1S/C28H22N2O3/c1-20-14-16-23(17-15-20)33-24-12-6-5-11-22(24)19-30-25-13-7-8-18-29(25)27(31)26(28(30)32)21-9-3-2-4-10-21/h2-18H,19H2,1H3. The Labute approximate surface area is 191 Å². The summed E-state index contributed by atoms with van der Waals surface area (Å²) in [5.74, 6) is 1.05. The zero-order valence-electron chi connectivity index (χ0n) is 18.1. The van der Waals surface area contributed by atoms with E-state index in [2.05, 4.69) is 0 Å². The number of aryl methyl sites for hydroxylation is 1. The smallest absolute Gasteiger partial charge is 0.349 e. The topological polar surface area (TPSA) is 57.7 Å². The maximum absolute atomic E-state index is 13.6. The second kappa shape index (κ2) is 8.63. The van der Waals surface area contributed by atoms with E-state index in [9.17, 15) is 9.90 Å². The molecule has 0 N–H and O–H groups in total. The molecule has 0 unspecified atom stereocenters. The molecule has 0 amide bonds. The summed E-state index contributed by atoms with van der Waals surface area (Å²) in [5, 5.41) is 13.6. The van der Waals surface area contributed by atoms with Gasteiger partial charge >= 0.3 is 5.56 Å². The number of pyridine rings is 1. The van der Waals surface area contributed by atoms with Crippen LogP contribution in [0.5, 0.6) is 17.4 Å². The molecule has 0 aliphatic heterocycles. The minimum absolute atomic E-state index is 0.149. The van der Waals surface area contributed by atoms with E-state index in [-0.39, 0.29) is 23.5 Å². The minimum Gasteiger partial charge on any atom is -0.842 e. The Bertz CT molecular complexity index is 1490. The van der Waals surface area contributed by atoms with Gasteiger partial charge in [0.15, 0.2) is 0 Å². The van der Waals surface area contributed by atoms with Crippen molar-refractivity contribution in [1.82, 2.24) is 4.40 Å². The number of benzene rings is 3. The lowest BCUT2D eigenvalue weighted by Crippen LogP contribution is -2.44. The summed E-state index contributed by atoms with van der Waals surface area (Å²) in [7, 11) is 0. The summed E-state index contributed by atoms with van der Waals surface area (Å²) >= 11 is 0. The summed E-state index contributed by atoms with van der Waals surface area (Å²) in [6, 6.07) is 29.9. The molecule has 0 bridgehead atoms. The number of para-hydroxylation sites is 1. The fraction of sp³-hybridized carbons (Fsp3) is 0.0714. The summed E-state index contributed by atoms with van der Waals surface area (Å²) in [6.45, 7) is 2.28. The number of hydrogen-bond acceptors (Lipinski definition) is 3. The van der Waals surface area contributed by atoms with Crippen LogP contribution in [0.2, 0.25) is 0 Å². The van der Waals surface area contributed by atoms with Crippen LogP contribution in [0.3, 0.4) is 0 Å². The maximum atomic E-state index is 13.6. The fourth-order valence-electron chi connectivity index (χ4n) is 3.92. The van der Waals surface area contributed by atoms with Gasteiger partial charge in [0.1, 0.15) is 23.6 Å². The monoisotopic (exact) mass is 434 g/mol. The first-order valence-electron chi connectivity index (χ1n) is 10.7. The van der Waals surface area contributed by atoms with E-state index in [1.807, 2.05) is 79.7 Å². The normalized spacial score (nSPS) is 10.9. The van der Waals surface area contributed by atoms with Crippen LogP contribution in [-0.2, 0) is 6.54 Å². The van der Waals surface area contributed by atoms with Crippen molar-refractivity contribution in [3.05, 3.63) is 125 Å². The molecule has 0 aliphatic carbocycles. The highest BCUT2D eigenvalue weighted by Gasteiger charge is 2.21. The lowest BCUT2D eigenvalue weighted by molar-refractivity contribution is -0.708. The van der Waals surface area contributed by atoms with E-state index in [1.54, 1.807) is 35.0 Å². The fourth-order valence-corrected chi connectivity index (χ4v) is 3.92. The number of rotatable bonds is 5. The Morgan fingerprint density at radius 3 is 2.33 bits per heavy atom. The van der Waals surface area contributed by atoms with Gasteiger partial charge in [-0.15, -0.1) is 0 Å². The summed E-state index contributed by atoms with van der Waals surface area (Å²) in [4.78, 5) is 13.2. The Morgan fingerprint density at radius 1 is 0.848 bits per heavy atom. The van der Waals surface area contributed by atoms with Gasteiger partial charge in [0.2, 0.25) is 0 Å². The van der Waals surface area contributed by atoms with Crippen molar-refractivity contribution >= 4 is 5.65 Å². The first kappa shape index (κ1) is 20.5. The third-order valence-electron chi connectivity index (χ3n) is 5.62. The zero-order valence-corrected chi connectivity index (χ0v) is 18.1. The van der Waals surface area contributed by atoms with Crippen LogP contribution in [0.1, 0.15) is 11.1 Å². The molecular formula is C28H22N2O3. The first-order valence-corrected chi connectivity index (χ1v) is 10.7. The highest BCUT2D eigenvalue weighted by molar-refractivity contribution is 5.66. The highest BCUT2D eigenvalue weighted by Crippen LogP contribution is 2.27. The van der Waals surface area contributed by atoms with E-state index in [0.717, 1.165) is 16.9 Å². The van der Waals surface area contributed by atoms with Gasteiger partial charge in [0.25, 0.3) is 5.65 Å². The van der Waals surface area contributed by atoms with Gasteiger partial charge in [-0.3, -0.25) is 0 Å². The zero-order chi connectivity index (χ0) is 22.8. The van der Waals surface area contributed by atoms with Gasteiger partial charge in [-0.2, -0.15) is 4.40 Å². The molecule has 0 fully saturated rings. The highest BCUT2D eigenvalue weighted by atomic mass is 16.5. The molecule has 2 aromatic heterocycles. The minimum atomic E-state index is -0.331. The molecule has 162 valence electrons. The second-order valence-electron chi connectivity index (χ2n) is 7.89. The Kier molecular flexibility index (Phi) is 5.37. The largest absolute Gasteiger partial charge is 0.842 e. The van der Waals surface area contributed by atoms with Crippen molar-refractivity contribution in [3.8, 4) is 28.5 Å². The summed E-state index contributed by atoms with van der Waals surface area (Å²) < 4.78 is 9.29. The third-order valence-corrected chi connectivity index (χ3v) is 5.62. The average molecular weight is 434 g/mol. The Morgan fingerprint density at radius 2 is 1.55 bits per heavy atom. The lowest BCUT2D eigenvalue weighted by Gasteiger charge is -2.18. The molecule has 5 aromatic rings. The number of ether oxygens (including phenoxy) is 1. The van der Waals surface area contributed by atoms with Crippen molar-refractivity contribution in [2.24, 2.45) is 0 Å². The van der Waals surface area contributed by atoms with Gasteiger partial charge in [0, 0.05) is 11.6 Å². The van der Waals surface area contributed by atoms with Crippen molar-refractivity contribution in [3.63, 3.8) is 0 Å². The van der Waals surface area contributed by atoms with E-state index in [0.29, 0.717) is 17.0 Å². The van der Waals surface area contributed by atoms with Crippen LogP contribution in [-0.4, -0.2) is 4.40 Å². The van der Waals surface area contributed by atoms with Crippen LogP contribution in [0.25, 0.3) is 16.8 Å². The quantitative estimate of drug-likeness (QED) is 0.383. The van der Waals surface area contributed by atoms with Crippen LogP contribution in [0.15, 0.2) is 108 Å². The molecule has 0 saturated heterocycles. The molecule has 5 rings (SSSR count). The van der Waals surface area contributed by atoms with Crippen LogP contribution < -0.4 is 20.0 Å². The van der Waals surface area contributed by atoms with Gasteiger partial charge in [0.05, 0.1) is 12.1 Å². The number of fused-ring (bicyclic) bond motifs is 1. The van der Waals surface area contributed by atoms with Gasteiger partial charge < -0.3 is 9.84 Å². The molecule has 0 atom stereocenters. The molecule has 0 radical (unpaired) electrons. The van der Waals surface area contributed by atoms with Crippen molar-refractivity contribution < 1.29 is 14.4 Å². The number of hydrogen-bond donors (Lipinski definition) is 0. The SMILES string of the molecule is Cc1ccc(Oc2ccccc2C[n+]2c([O-])c(-c3ccccc3)c(=O)n3ccccc32)cc1. The Hall–Kier alpha value is -4.38. The molecule has 0 spiro atoms. The van der Waals surface area contributed by atoms with Crippen LogP contribution in [0, 0.1) is 6.92 Å². The van der Waals surface area contributed by atoms with E-state index >= 15 is 0 Å². The predicted octanol–water partition coefficient (Wildman–Crippen LogP) is 4.48. The molecule has 33 heavy (non-hydrogen) atoms. The molecule has 5 heteroatoms. The summed E-state index contributed by atoms with van der Waals surface area (Å²) in [6.07, 6.45) is 1.69. The van der Waals surface area contributed by atoms with E-state index < -0.39 is 0 Å². The predicted molar refractivity (Wildman–Crippen MR) is 126 cm³/mol. The molecule has 5 nitrogen and oxygen atoms in total. The van der Waals surface area contributed by atoms with E-state index in [4.69, 9.17) is 4.74 Å². The molecule has 3 aromatic carbocycles. The number of aromatic nitrogens is 2. The van der Waals surface area contributed by atoms with Gasteiger partial charge in [-0.1, -0.05) is 72.3 Å². The number of nitrogens with zero attached hydrogens (tertiary/aromatic N) is 2. The molecular weight excluding hydrogens is 412 g/mol. The maximum Gasteiger partial charge on any atom is 0.349 e. The lowest BCUT2D eigenvalue weighted by atomic mass is 10.1. The first-order chi connectivity index (χ1) is 16.1. The third kappa shape index (κ3) is 3.96. The van der Waals surface area contributed by atoms with Gasteiger partial charge in [-0.05, 0) is 36.8 Å². The molecule has 0 saturated carbocycles. The van der Waals surface area contributed by atoms with E-state index in [1.165, 1.54) is 4.40 Å². The Balaban J connectivity index is 1.65. The van der Waals surface area contributed by atoms with Crippen molar-refractivity contribution in [1.29, 1.82) is 0 Å².